The lowest BCUT2D eigenvalue weighted by Gasteiger charge is -2.25. The first-order valence-corrected chi connectivity index (χ1v) is 7.18. The summed E-state index contributed by atoms with van der Waals surface area (Å²) in [4.78, 5) is 12.0. The summed E-state index contributed by atoms with van der Waals surface area (Å²) in [5, 5.41) is 0. The van der Waals surface area contributed by atoms with Gasteiger partial charge in [-0.2, -0.15) is 0 Å². The van der Waals surface area contributed by atoms with E-state index in [-0.39, 0.29) is 5.56 Å². The molecule has 1 aliphatic carbocycles. The first-order chi connectivity index (χ1) is 9.81. The highest BCUT2D eigenvalue weighted by Crippen LogP contribution is 2.27. The average Bonchev–Trinajstić information content (AvgIpc) is 2.43. The molecular formula is C17H19NO2. The first kappa shape index (κ1) is 13.0. The number of ether oxygens (including phenoxy) is 1. The standard InChI is InChI=1S/C17H19NO2/c19-17-11-16(20-13-15-5-2-1-3-6-15)9-10-18(17)12-14-7-4-8-14/h1-3,5-6,9-11,14H,4,7-8,12-13H2. The average molecular weight is 269 g/mol. The van der Waals surface area contributed by atoms with Crippen molar-refractivity contribution in [3.8, 4) is 5.75 Å². The van der Waals surface area contributed by atoms with Crippen molar-refractivity contribution in [1.82, 2.24) is 4.57 Å². The van der Waals surface area contributed by atoms with Gasteiger partial charge in [-0.05, 0) is 30.4 Å². The molecular weight excluding hydrogens is 250 g/mol. The van der Waals surface area contributed by atoms with Gasteiger partial charge in [0.05, 0.1) is 0 Å². The maximum absolute atomic E-state index is 12.0. The van der Waals surface area contributed by atoms with E-state index >= 15 is 0 Å². The van der Waals surface area contributed by atoms with E-state index in [4.69, 9.17) is 4.74 Å². The zero-order valence-corrected chi connectivity index (χ0v) is 11.5. The Kier molecular flexibility index (Phi) is 3.86. The van der Waals surface area contributed by atoms with Gasteiger partial charge in [-0.1, -0.05) is 36.8 Å². The third kappa shape index (κ3) is 3.10. The minimum atomic E-state index is 0.0301. The lowest BCUT2D eigenvalue weighted by atomic mass is 9.85. The van der Waals surface area contributed by atoms with Gasteiger partial charge in [0.2, 0.25) is 0 Å². The fourth-order valence-electron chi connectivity index (χ4n) is 2.42. The molecule has 0 unspecified atom stereocenters. The number of rotatable bonds is 5. The van der Waals surface area contributed by atoms with Crippen molar-refractivity contribution in [3.05, 3.63) is 64.6 Å². The van der Waals surface area contributed by atoms with Crippen molar-refractivity contribution in [1.29, 1.82) is 0 Å². The molecule has 0 atom stereocenters. The van der Waals surface area contributed by atoms with Gasteiger partial charge < -0.3 is 9.30 Å². The Labute approximate surface area is 118 Å². The van der Waals surface area contributed by atoms with Gasteiger partial charge in [0.25, 0.3) is 5.56 Å². The minimum Gasteiger partial charge on any atom is -0.489 e. The predicted molar refractivity (Wildman–Crippen MR) is 78.8 cm³/mol. The molecule has 1 aliphatic rings. The second-order valence-corrected chi connectivity index (χ2v) is 5.42. The van der Waals surface area contributed by atoms with E-state index in [2.05, 4.69) is 0 Å². The molecule has 104 valence electrons. The van der Waals surface area contributed by atoms with Crippen LogP contribution in [0.5, 0.6) is 5.75 Å². The lowest BCUT2D eigenvalue weighted by Crippen LogP contribution is -2.26. The fraction of sp³-hybridized carbons (Fsp3) is 0.353. The Morgan fingerprint density at radius 2 is 1.95 bits per heavy atom. The second kappa shape index (κ2) is 5.95. The maximum Gasteiger partial charge on any atom is 0.254 e. The van der Waals surface area contributed by atoms with Gasteiger partial charge in [0, 0.05) is 18.8 Å². The van der Waals surface area contributed by atoms with Crippen LogP contribution in [0.2, 0.25) is 0 Å². The van der Waals surface area contributed by atoms with Crippen LogP contribution >= 0.6 is 0 Å². The van der Waals surface area contributed by atoms with E-state index in [1.165, 1.54) is 19.3 Å². The molecule has 20 heavy (non-hydrogen) atoms. The molecule has 3 nitrogen and oxygen atoms in total. The van der Waals surface area contributed by atoms with Gasteiger partial charge in [0.1, 0.15) is 12.4 Å². The summed E-state index contributed by atoms with van der Waals surface area (Å²) in [7, 11) is 0. The van der Waals surface area contributed by atoms with Crippen LogP contribution in [0.15, 0.2) is 53.5 Å². The molecule has 2 aromatic rings. The van der Waals surface area contributed by atoms with Crippen molar-refractivity contribution in [2.45, 2.75) is 32.4 Å². The van der Waals surface area contributed by atoms with E-state index in [1.807, 2.05) is 42.6 Å². The molecule has 0 bridgehead atoms. The number of nitrogens with zero attached hydrogens (tertiary/aromatic N) is 1. The van der Waals surface area contributed by atoms with Crippen LogP contribution in [0.25, 0.3) is 0 Å². The second-order valence-electron chi connectivity index (χ2n) is 5.42. The molecule has 0 saturated heterocycles. The van der Waals surface area contributed by atoms with Gasteiger partial charge in [-0.3, -0.25) is 4.79 Å². The molecule has 0 amide bonds. The molecule has 0 radical (unpaired) electrons. The van der Waals surface area contributed by atoms with Crippen LogP contribution in [-0.4, -0.2) is 4.57 Å². The van der Waals surface area contributed by atoms with E-state index < -0.39 is 0 Å². The molecule has 3 heteroatoms. The van der Waals surface area contributed by atoms with Gasteiger partial charge in [0.15, 0.2) is 0 Å². The fourth-order valence-corrected chi connectivity index (χ4v) is 2.42. The molecule has 0 aliphatic heterocycles. The highest BCUT2D eigenvalue weighted by atomic mass is 16.5. The van der Waals surface area contributed by atoms with E-state index in [1.54, 1.807) is 10.6 Å². The van der Waals surface area contributed by atoms with Gasteiger partial charge >= 0.3 is 0 Å². The summed E-state index contributed by atoms with van der Waals surface area (Å²) in [6, 6.07) is 13.4. The zero-order valence-electron chi connectivity index (χ0n) is 11.5. The smallest absolute Gasteiger partial charge is 0.254 e. The van der Waals surface area contributed by atoms with Crippen LogP contribution in [0.4, 0.5) is 0 Å². The number of hydrogen-bond acceptors (Lipinski definition) is 2. The van der Waals surface area contributed by atoms with Crippen molar-refractivity contribution in [2.24, 2.45) is 5.92 Å². The highest BCUT2D eigenvalue weighted by Gasteiger charge is 2.18. The van der Waals surface area contributed by atoms with Crippen LogP contribution in [0.1, 0.15) is 24.8 Å². The van der Waals surface area contributed by atoms with Crippen LogP contribution in [-0.2, 0) is 13.2 Å². The Bertz CT molecular complexity index is 614. The molecule has 1 fully saturated rings. The molecule has 3 rings (SSSR count). The third-order valence-electron chi connectivity index (χ3n) is 3.90. The summed E-state index contributed by atoms with van der Waals surface area (Å²) < 4.78 is 7.45. The first-order valence-electron chi connectivity index (χ1n) is 7.18. The number of benzene rings is 1. The van der Waals surface area contributed by atoms with Crippen LogP contribution in [0, 0.1) is 5.92 Å². The predicted octanol–water partition coefficient (Wildman–Crippen LogP) is 3.23. The number of hydrogen-bond donors (Lipinski definition) is 0. The lowest BCUT2D eigenvalue weighted by molar-refractivity contribution is 0.271. The Morgan fingerprint density at radius 1 is 1.15 bits per heavy atom. The summed E-state index contributed by atoms with van der Waals surface area (Å²) in [5.41, 5.74) is 1.13. The summed E-state index contributed by atoms with van der Waals surface area (Å²) in [5.74, 6) is 1.33. The van der Waals surface area contributed by atoms with Crippen LogP contribution < -0.4 is 10.3 Å². The van der Waals surface area contributed by atoms with Crippen LogP contribution in [0.3, 0.4) is 0 Å². The molecule has 0 spiro atoms. The Morgan fingerprint density at radius 3 is 2.60 bits per heavy atom. The van der Waals surface area contributed by atoms with E-state index in [0.717, 1.165) is 12.1 Å². The molecule has 1 saturated carbocycles. The Balaban J connectivity index is 1.62. The number of pyridine rings is 1. The quantitative estimate of drug-likeness (QED) is 0.834. The van der Waals surface area contributed by atoms with Crippen molar-refractivity contribution < 1.29 is 4.74 Å². The molecule has 0 N–H and O–H groups in total. The number of aromatic nitrogens is 1. The molecule has 1 aromatic carbocycles. The highest BCUT2D eigenvalue weighted by molar-refractivity contribution is 5.20. The minimum absolute atomic E-state index is 0.0301. The summed E-state index contributed by atoms with van der Waals surface area (Å²) >= 11 is 0. The van der Waals surface area contributed by atoms with Crippen molar-refractivity contribution in [3.63, 3.8) is 0 Å². The molecule has 1 aromatic heterocycles. The Hall–Kier alpha value is -2.03. The van der Waals surface area contributed by atoms with E-state index in [0.29, 0.717) is 18.3 Å². The topological polar surface area (TPSA) is 31.2 Å². The third-order valence-corrected chi connectivity index (χ3v) is 3.90. The normalized spacial score (nSPS) is 14.8. The largest absolute Gasteiger partial charge is 0.489 e. The van der Waals surface area contributed by atoms with Crippen molar-refractivity contribution >= 4 is 0 Å². The summed E-state index contributed by atoms with van der Waals surface area (Å²) in [6.45, 7) is 1.34. The van der Waals surface area contributed by atoms with Gasteiger partial charge in [-0.25, -0.2) is 0 Å². The van der Waals surface area contributed by atoms with E-state index in [9.17, 15) is 4.79 Å². The molecule has 1 heterocycles. The van der Waals surface area contributed by atoms with Gasteiger partial charge in [-0.15, -0.1) is 0 Å². The monoisotopic (exact) mass is 269 g/mol. The zero-order chi connectivity index (χ0) is 13.8. The maximum atomic E-state index is 12.0. The SMILES string of the molecule is O=c1cc(OCc2ccccc2)ccn1CC1CCC1. The summed E-state index contributed by atoms with van der Waals surface area (Å²) in [6.07, 6.45) is 5.65. The van der Waals surface area contributed by atoms with Crippen molar-refractivity contribution in [2.75, 3.05) is 0 Å².